The molecule has 0 rings (SSSR count). The standard InChI is InChI=1S/C7H12O2.C6H9ClO2.C4H6O2/c1-3-5-6-9-7(8)4-2;1-5(6(8)9)3-2-4-7;1-3-6-4(2)5/h4H,2-3,5-6H2,1H3;1-4H2,(H,8,9);3H,1H2,2H3. The van der Waals surface area contributed by atoms with E-state index in [-0.39, 0.29) is 17.5 Å². The van der Waals surface area contributed by atoms with Crippen LogP contribution in [0.5, 0.6) is 0 Å². The molecule has 7 heteroatoms. The van der Waals surface area contributed by atoms with Gasteiger partial charge in [-0.2, -0.15) is 0 Å². The summed E-state index contributed by atoms with van der Waals surface area (Å²) < 4.78 is 8.84. The minimum atomic E-state index is -0.930. The first-order chi connectivity index (χ1) is 11.3. The van der Waals surface area contributed by atoms with Crippen LogP contribution in [-0.4, -0.2) is 35.5 Å². The molecule has 0 saturated carbocycles. The molecule has 0 heterocycles. The van der Waals surface area contributed by atoms with Crippen LogP contribution in [-0.2, 0) is 23.9 Å². The fraction of sp³-hybridized carbons (Fsp3) is 0.471. The third-order valence-electron chi connectivity index (χ3n) is 2.07. The summed E-state index contributed by atoms with van der Waals surface area (Å²) in [6.07, 6.45) is 5.42. The molecule has 0 radical (unpaired) electrons. The Balaban J connectivity index is -0.000000282. The highest BCUT2D eigenvalue weighted by Gasteiger charge is 2.01. The number of carbonyl (C=O) groups is 3. The molecule has 0 saturated heterocycles. The van der Waals surface area contributed by atoms with Crippen molar-refractivity contribution in [2.75, 3.05) is 12.5 Å². The lowest BCUT2D eigenvalue weighted by Crippen LogP contribution is -2.00. The Morgan fingerprint density at radius 1 is 1.21 bits per heavy atom. The lowest BCUT2D eigenvalue weighted by atomic mass is 10.2. The van der Waals surface area contributed by atoms with Crippen molar-refractivity contribution in [1.29, 1.82) is 0 Å². The number of carboxylic acid groups (broad SMARTS) is 1. The number of halogens is 1. The van der Waals surface area contributed by atoms with Gasteiger partial charge in [0.25, 0.3) is 0 Å². The van der Waals surface area contributed by atoms with Gasteiger partial charge in [0.05, 0.1) is 12.9 Å². The lowest BCUT2D eigenvalue weighted by molar-refractivity contribution is -0.138. The van der Waals surface area contributed by atoms with Gasteiger partial charge in [0.2, 0.25) is 0 Å². The molecule has 0 unspecified atom stereocenters. The van der Waals surface area contributed by atoms with E-state index in [0.29, 0.717) is 25.3 Å². The molecule has 0 amide bonds. The smallest absolute Gasteiger partial charge is 0.330 e. The van der Waals surface area contributed by atoms with Gasteiger partial charge in [-0.1, -0.05) is 33.1 Å². The molecular formula is C17H27ClO6. The molecule has 24 heavy (non-hydrogen) atoms. The van der Waals surface area contributed by atoms with Crippen LogP contribution in [0.25, 0.3) is 0 Å². The Morgan fingerprint density at radius 3 is 2.08 bits per heavy atom. The summed E-state index contributed by atoms with van der Waals surface area (Å²) in [5.74, 6) is -1.10. The third kappa shape index (κ3) is 28.1. The highest BCUT2D eigenvalue weighted by atomic mass is 35.5. The summed E-state index contributed by atoms with van der Waals surface area (Å²) >= 11 is 5.32. The quantitative estimate of drug-likeness (QED) is 0.220. The number of hydrogen-bond donors (Lipinski definition) is 1. The number of aliphatic carboxylic acids is 1. The van der Waals surface area contributed by atoms with Gasteiger partial charge in [0.15, 0.2) is 0 Å². The minimum Gasteiger partial charge on any atom is -0.478 e. The van der Waals surface area contributed by atoms with Crippen LogP contribution >= 0.6 is 11.6 Å². The lowest BCUT2D eigenvalue weighted by Gasteiger charge is -1.97. The van der Waals surface area contributed by atoms with E-state index in [2.05, 4.69) is 29.2 Å². The van der Waals surface area contributed by atoms with Gasteiger partial charge in [-0.3, -0.25) is 4.79 Å². The molecule has 0 atom stereocenters. The normalized spacial score (nSPS) is 8.29. The number of esters is 2. The van der Waals surface area contributed by atoms with Gasteiger partial charge in [-0.15, -0.1) is 11.6 Å². The molecule has 0 spiro atoms. The molecule has 0 bridgehead atoms. The predicted octanol–water partition coefficient (Wildman–Crippen LogP) is 3.85. The molecule has 0 aromatic heterocycles. The molecule has 0 aromatic rings. The number of rotatable bonds is 9. The maximum absolute atomic E-state index is 10.3. The zero-order valence-corrected chi connectivity index (χ0v) is 15.1. The van der Waals surface area contributed by atoms with Gasteiger partial charge >= 0.3 is 17.9 Å². The van der Waals surface area contributed by atoms with E-state index in [0.717, 1.165) is 19.1 Å². The van der Waals surface area contributed by atoms with Gasteiger partial charge in [0.1, 0.15) is 0 Å². The zero-order chi connectivity index (χ0) is 19.4. The second-order valence-corrected chi connectivity index (χ2v) is 4.58. The van der Waals surface area contributed by atoms with Crippen molar-refractivity contribution in [2.45, 2.75) is 39.5 Å². The topological polar surface area (TPSA) is 89.9 Å². The van der Waals surface area contributed by atoms with Crippen molar-refractivity contribution in [3.63, 3.8) is 0 Å². The molecule has 0 aliphatic heterocycles. The molecule has 0 aliphatic carbocycles. The Kier molecular flexibility index (Phi) is 23.4. The molecule has 0 aromatic carbocycles. The maximum atomic E-state index is 10.3. The van der Waals surface area contributed by atoms with Crippen molar-refractivity contribution in [1.82, 2.24) is 0 Å². The fourth-order valence-electron chi connectivity index (χ4n) is 0.881. The third-order valence-corrected chi connectivity index (χ3v) is 2.34. The Morgan fingerprint density at radius 2 is 1.79 bits per heavy atom. The summed E-state index contributed by atoms with van der Waals surface area (Å²) in [6, 6.07) is 0. The second-order valence-electron chi connectivity index (χ2n) is 4.20. The van der Waals surface area contributed by atoms with Crippen LogP contribution in [0, 0.1) is 0 Å². The highest BCUT2D eigenvalue weighted by molar-refractivity contribution is 6.17. The Hall–Kier alpha value is -2.08. The zero-order valence-electron chi connectivity index (χ0n) is 14.4. The first-order valence-electron chi connectivity index (χ1n) is 7.31. The number of unbranched alkanes of at least 4 members (excludes halogenated alkanes) is 1. The second kappa shape index (κ2) is 20.9. The molecule has 0 aliphatic rings. The van der Waals surface area contributed by atoms with E-state index < -0.39 is 5.97 Å². The van der Waals surface area contributed by atoms with Crippen LogP contribution in [0.3, 0.4) is 0 Å². The van der Waals surface area contributed by atoms with Crippen molar-refractivity contribution >= 4 is 29.5 Å². The van der Waals surface area contributed by atoms with E-state index in [1.165, 1.54) is 13.0 Å². The largest absolute Gasteiger partial charge is 0.478 e. The van der Waals surface area contributed by atoms with Gasteiger partial charge in [-0.25, -0.2) is 9.59 Å². The van der Waals surface area contributed by atoms with Crippen LogP contribution in [0.4, 0.5) is 0 Å². The summed E-state index contributed by atoms with van der Waals surface area (Å²) in [5, 5.41) is 8.27. The van der Waals surface area contributed by atoms with E-state index in [1.54, 1.807) is 0 Å². The Bertz CT molecular complexity index is 402. The minimum absolute atomic E-state index is 0.232. The summed E-state index contributed by atoms with van der Waals surface area (Å²) in [5.41, 5.74) is 0.232. The van der Waals surface area contributed by atoms with Crippen molar-refractivity contribution in [2.24, 2.45) is 0 Å². The number of carbonyl (C=O) groups excluding carboxylic acids is 2. The molecule has 138 valence electrons. The number of carboxylic acids is 1. The van der Waals surface area contributed by atoms with Crippen LogP contribution in [0.1, 0.15) is 39.5 Å². The first-order valence-corrected chi connectivity index (χ1v) is 7.84. The van der Waals surface area contributed by atoms with Crippen LogP contribution < -0.4 is 0 Å². The Labute approximate surface area is 148 Å². The number of alkyl halides is 1. The summed E-state index contributed by atoms with van der Waals surface area (Å²) in [4.78, 5) is 30.2. The van der Waals surface area contributed by atoms with Crippen molar-refractivity contribution < 1.29 is 29.0 Å². The monoisotopic (exact) mass is 362 g/mol. The molecule has 1 N–H and O–H groups in total. The fourth-order valence-corrected chi connectivity index (χ4v) is 1.01. The van der Waals surface area contributed by atoms with E-state index in [9.17, 15) is 14.4 Å². The summed E-state index contributed by atoms with van der Waals surface area (Å²) in [7, 11) is 0. The maximum Gasteiger partial charge on any atom is 0.330 e. The van der Waals surface area contributed by atoms with Crippen LogP contribution in [0.15, 0.2) is 37.6 Å². The van der Waals surface area contributed by atoms with Crippen molar-refractivity contribution in [3.8, 4) is 0 Å². The summed E-state index contributed by atoms with van der Waals surface area (Å²) in [6.45, 7) is 13.6. The van der Waals surface area contributed by atoms with Gasteiger partial charge in [0, 0.05) is 24.5 Å². The SMILES string of the molecule is C=C(CCCCl)C(=O)O.C=CC(=O)OCCCC.C=COC(C)=O. The van der Waals surface area contributed by atoms with Gasteiger partial charge < -0.3 is 14.6 Å². The van der Waals surface area contributed by atoms with E-state index >= 15 is 0 Å². The highest BCUT2D eigenvalue weighted by Crippen LogP contribution is 2.02. The molecule has 0 fully saturated rings. The first kappa shape index (κ1) is 26.8. The van der Waals surface area contributed by atoms with Crippen LogP contribution in [0.2, 0.25) is 0 Å². The molecule has 6 nitrogen and oxygen atoms in total. The average molecular weight is 363 g/mol. The predicted molar refractivity (Wildman–Crippen MR) is 94.8 cm³/mol. The number of hydrogen-bond acceptors (Lipinski definition) is 5. The van der Waals surface area contributed by atoms with E-state index in [4.69, 9.17) is 16.7 Å². The van der Waals surface area contributed by atoms with Crippen molar-refractivity contribution in [3.05, 3.63) is 37.6 Å². The average Bonchev–Trinajstić information content (AvgIpc) is 2.53. The van der Waals surface area contributed by atoms with Gasteiger partial charge in [-0.05, 0) is 19.3 Å². The van der Waals surface area contributed by atoms with E-state index in [1.807, 2.05) is 6.92 Å². The number of ether oxygens (including phenoxy) is 2. The molecular weight excluding hydrogens is 336 g/mol.